The third kappa shape index (κ3) is 3.49. The average molecular weight is 307 g/mol. The van der Waals surface area contributed by atoms with E-state index in [2.05, 4.69) is 42.5 Å². The Morgan fingerprint density at radius 3 is 2.50 bits per heavy atom. The molecule has 0 aliphatic heterocycles. The van der Waals surface area contributed by atoms with Crippen molar-refractivity contribution >= 4 is 18.0 Å². The molecule has 1 aromatic heterocycles. The molecule has 2 nitrogen and oxygen atoms in total. The number of hydrogen-bond donors (Lipinski definition) is 0. The van der Waals surface area contributed by atoms with Gasteiger partial charge in [-0.2, -0.15) is 0 Å². The number of carbonyl (C=O) groups excluding carboxylic acids is 1. The van der Waals surface area contributed by atoms with Crippen LogP contribution in [0.2, 0.25) is 0 Å². The van der Waals surface area contributed by atoms with Crippen molar-refractivity contribution in [1.29, 1.82) is 0 Å². The smallest absolute Gasteiger partial charge is 0.166 e. The van der Waals surface area contributed by atoms with Crippen LogP contribution in [0.1, 0.15) is 21.6 Å². The second-order valence-electron chi connectivity index (χ2n) is 5.06. The molecule has 0 amide bonds. The van der Waals surface area contributed by atoms with Crippen molar-refractivity contribution in [3.63, 3.8) is 0 Å². The lowest BCUT2D eigenvalue weighted by molar-refractivity contribution is 0.111. The van der Waals surface area contributed by atoms with E-state index in [1.54, 1.807) is 0 Å². The fraction of sp³-hybridized carbons (Fsp3) is 0.105. The Bertz CT molecular complexity index is 749. The van der Waals surface area contributed by atoms with Crippen molar-refractivity contribution in [2.45, 2.75) is 17.2 Å². The molecule has 0 aliphatic carbocycles. The van der Waals surface area contributed by atoms with Gasteiger partial charge in [-0.05, 0) is 29.3 Å². The number of hydrogen-bond acceptors (Lipinski definition) is 2. The molecule has 3 rings (SSSR count). The van der Waals surface area contributed by atoms with Crippen LogP contribution in [0.3, 0.4) is 0 Å². The lowest BCUT2D eigenvalue weighted by Crippen LogP contribution is -2.03. The predicted molar refractivity (Wildman–Crippen MR) is 91.4 cm³/mol. The maximum absolute atomic E-state index is 11.0. The zero-order chi connectivity index (χ0) is 15.2. The Labute approximate surface area is 134 Å². The third-order valence-electron chi connectivity index (χ3n) is 3.54. The van der Waals surface area contributed by atoms with Gasteiger partial charge in [0.1, 0.15) is 0 Å². The van der Waals surface area contributed by atoms with Crippen LogP contribution in [0, 0.1) is 0 Å². The SMILES string of the molecule is O=Cc1cccn1Cc1ccccc1SCc1ccccc1. The summed E-state index contributed by atoms with van der Waals surface area (Å²) in [7, 11) is 0. The molecule has 1 heterocycles. The molecule has 3 aromatic rings. The van der Waals surface area contributed by atoms with Gasteiger partial charge in [-0.1, -0.05) is 48.5 Å². The molecule has 0 aliphatic rings. The second kappa shape index (κ2) is 7.14. The molecule has 0 saturated heterocycles. The van der Waals surface area contributed by atoms with E-state index in [-0.39, 0.29) is 0 Å². The third-order valence-corrected chi connectivity index (χ3v) is 4.72. The number of thioether (sulfide) groups is 1. The summed E-state index contributed by atoms with van der Waals surface area (Å²) in [4.78, 5) is 12.3. The lowest BCUT2D eigenvalue weighted by atomic mass is 10.2. The fourth-order valence-corrected chi connectivity index (χ4v) is 3.38. The molecule has 2 aromatic carbocycles. The minimum Gasteiger partial charge on any atom is -0.341 e. The largest absolute Gasteiger partial charge is 0.341 e. The van der Waals surface area contributed by atoms with E-state index in [9.17, 15) is 4.79 Å². The Morgan fingerprint density at radius 2 is 1.68 bits per heavy atom. The minimum absolute atomic E-state index is 0.711. The van der Waals surface area contributed by atoms with Crippen LogP contribution in [0.15, 0.2) is 77.8 Å². The molecular weight excluding hydrogens is 290 g/mol. The van der Waals surface area contributed by atoms with Crippen LogP contribution in [-0.2, 0) is 12.3 Å². The van der Waals surface area contributed by atoms with Crippen molar-refractivity contribution in [2.75, 3.05) is 0 Å². The molecule has 0 bridgehead atoms. The van der Waals surface area contributed by atoms with Gasteiger partial charge < -0.3 is 4.57 Å². The number of rotatable bonds is 6. The number of nitrogens with zero attached hydrogens (tertiary/aromatic N) is 1. The summed E-state index contributed by atoms with van der Waals surface area (Å²) < 4.78 is 1.98. The number of aromatic nitrogens is 1. The van der Waals surface area contributed by atoms with Crippen LogP contribution < -0.4 is 0 Å². The van der Waals surface area contributed by atoms with Gasteiger partial charge in [0, 0.05) is 23.4 Å². The maximum Gasteiger partial charge on any atom is 0.166 e. The quantitative estimate of drug-likeness (QED) is 0.489. The van der Waals surface area contributed by atoms with E-state index in [0.717, 1.165) is 18.6 Å². The van der Waals surface area contributed by atoms with Crippen molar-refractivity contribution < 1.29 is 4.79 Å². The molecular formula is C19H17NOS. The summed E-state index contributed by atoms with van der Waals surface area (Å²) in [6, 6.07) is 22.6. The van der Waals surface area contributed by atoms with E-state index in [4.69, 9.17) is 0 Å². The molecule has 0 unspecified atom stereocenters. The highest BCUT2D eigenvalue weighted by molar-refractivity contribution is 7.98. The first-order valence-corrected chi connectivity index (χ1v) is 8.20. The molecule has 3 heteroatoms. The van der Waals surface area contributed by atoms with Gasteiger partial charge in [0.05, 0.1) is 5.69 Å². The van der Waals surface area contributed by atoms with Gasteiger partial charge >= 0.3 is 0 Å². The maximum atomic E-state index is 11.0. The van der Waals surface area contributed by atoms with Crippen molar-refractivity contribution in [3.05, 3.63) is 89.7 Å². The van der Waals surface area contributed by atoms with Crippen molar-refractivity contribution in [2.24, 2.45) is 0 Å². The highest BCUT2D eigenvalue weighted by atomic mass is 32.2. The van der Waals surface area contributed by atoms with Crippen LogP contribution >= 0.6 is 11.8 Å². The van der Waals surface area contributed by atoms with Gasteiger partial charge in [-0.25, -0.2) is 0 Å². The molecule has 0 saturated carbocycles. The van der Waals surface area contributed by atoms with E-state index < -0.39 is 0 Å². The standard InChI is InChI=1S/C19H17NOS/c21-14-18-10-6-12-20(18)13-17-9-4-5-11-19(17)22-15-16-7-2-1-3-8-16/h1-12,14H,13,15H2. The Hall–Kier alpha value is -2.26. The Balaban J connectivity index is 1.76. The van der Waals surface area contributed by atoms with E-state index >= 15 is 0 Å². The minimum atomic E-state index is 0.711. The van der Waals surface area contributed by atoms with Gasteiger partial charge in [0.25, 0.3) is 0 Å². The Morgan fingerprint density at radius 1 is 0.909 bits per heavy atom. The monoisotopic (exact) mass is 307 g/mol. The average Bonchev–Trinajstić information content (AvgIpc) is 3.02. The molecule has 0 atom stereocenters. The number of carbonyl (C=O) groups is 1. The molecule has 0 fully saturated rings. The van der Waals surface area contributed by atoms with Gasteiger partial charge in [-0.15, -0.1) is 11.8 Å². The fourth-order valence-electron chi connectivity index (χ4n) is 2.37. The highest BCUT2D eigenvalue weighted by Crippen LogP contribution is 2.27. The second-order valence-corrected chi connectivity index (χ2v) is 6.08. The van der Waals surface area contributed by atoms with E-state index in [0.29, 0.717) is 5.69 Å². The van der Waals surface area contributed by atoms with Crippen LogP contribution in [-0.4, -0.2) is 10.9 Å². The van der Waals surface area contributed by atoms with Gasteiger partial charge in [-0.3, -0.25) is 4.79 Å². The first-order valence-electron chi connectivity index (χ1n) is 7.22. The normalized spacial score (nSPS) is 10.5. The summed E-state index contributed by atoms with van der Waals surface area (Å²) >= 11 is 1.83. The summed E-state index contributed by atoms with van der Waals surface area (Å²) in [5.41, 5.74) is 3.27. The summed E-state index contributed by atoms with van der Waals surface area (Å²) in [6.07, 6.45) is 2.85. The zero-order valence-electron chi connectivity index (χ0n) is 12.2. The van der Waals surface area contributed by atoms with E-state index in [1.165, 1.54) is 16.0 Å². The van der Waals surface area contributed by atoms with Gasteiger partial charge in [0.2, 0.25) is 0 Å². The topological polar surface area (TPSA) is 22.0 Å². The van der Waals surface area contributed by atoms with Crippen LogP contribution in [0.4, 0.5) is 0 Å². The zero-order valence-corrected chi connectivity index (χ0v) is 13.0. The summed E-state index contributed by atoms with van der Waals surface area (Å²) in [5.74, 6) is 0.948. The molecule has 0 spiro atoms. The molecule has 22 heavy (non-hydrogen) atoms. The van der Waals surface area contributed by atoms with Crippen molar-refractivity contribution in [3.8, 4) is 0 Å². The lowest BCUT2D eigenvalue weighted by Gasteiger charge is -2.11. The molecule has 110 valence electrons. The molecule has 0 radical (unpaired) electrons. The van der Waals surface area contributed by atoms with Gasteiger partial charge in [0.15, 0.2) is 6.29 Å². The highest BCUT2D eigenvalue weighted by Gasteiger charge is 2.06. The van der Waals surface area contributed by atoms with Crippen LogP contribution in [0.5, 0.6) is 0 Å². The summed E-state index contributed by atoms with van der Waals surface area (Å²) in [5, 5.41) is 0. The Kier molecular flexibility index (Phi) is 4.76. The van der Waals surface area contributed by atoms with Crippen LogP contribution in [0.25, 0.3) is 0 Å². The van der Waals surface area contributed by atoms with Crippen molar-refractivity contribution in [1.82, 2.24) is 4.57 Å². The first kappa shape index (κ1) is 14.7. The first-order chi connectivity index (χ1) is 10.9. The number of benzene rings is 2. The summed E-state index contributed by atoms with van der Waals surface area (Å²) in [6.45, 7) is 0.721. The predicted octanol–water partition coefficient (Wildman–Crippen LogP) is 4.64. The van der Waals surface area contributed by atoms with E-state index in [1.807, 2.05) is 46.8 Å². The molecule has 0 N–H and O–H groups in total. The number of aldehydes is 1.